The smallest absolute Gasteiger partial charge is 0.171 e. The second-order valence-electron chi connectivity index (χ2n) is 5.35. The average Bonchev–Trinajstić information content (AvgIpc) is 2.43. The van der Waals surface area contributed by atoms with Crippen molar-refractivity contribution < 1.29 is 0 Å². The van der Waals surface area contributed by atoms with Crippen molar-refractivity contribution in [1.29, 1.82) is 0 Å². The molecule has 0 bridgehead atoms. The predicted molar refractivity (Wildman–Crippen MR) is 91.9 cm³/mol. The van der Waals surface area contributed by atoms with Crippen LogP contribution in [0.2, 0.25) is 10.0 Å². The highest BCUT2D eigenvalue weighted by atomic mass is 35.5. The summed E-state index contributed by atoms with van der Waals surface area (Å²) >= 11 is 17.3. The first-order valence-electron chi connectivity index (χ1n) is 7.11. The van der Waals surface area contributed by atoms with Crippen LogP contribution in [0.15, 0.2) is 18.2 Å². The van der Waals surface area contributed by atoms with E-state index in [4.69, 9.17) is 35.4 Å². The van der Waals surface area contributed by atoms with E-state index in [1.165, 1.54) is 32.1 Å². The molecule has 0 saturated heterocycles. The molecule has 1 aromatic rings. The largest absolute Gasteiger partial charge is 0.360 e. The van der Waals surface area contributed by atoms with Gasteiger partial charge >= 0.3 is 0 Å². The Bertz CT molecular complexity index is 471. The van der Waals surface area contributed by atoms with Crippen molar-refractivity contribution in [3.8, 4) is 0 Å². The minimum absolute atomic E-state index is 0.476. The first kappa shape index (κ1) is 15.9. The van der Waals surface area contributed by atoms with E-state index in [-0.39, 0.29) is 0 Å². The van der Waals surface area contributed by atoms with E-state index in [1.54, 1.807) is 12.1 Å². The highest BCUT2D eigenvalue weighted by Gasteiger charge is 2.20. The van der Waals surface area contributed by atoms with Gasteiger partial charge < -0.3 is 10.6 Å². The van der Waals surface area contributed by atoms with Crippen molar-refractivity contribution in [2.45, 2.75) is 45.1 Å². The van der Waals surface area contributed by atoms with Crippen LogP contribution in [0.3, 0.4) is 0 Å². The van der Waals surface area contributed by atoms with Crippen LogP contribution in [0.1, 0.15) is 39.0 Å². The Balaban J connectivity index is 1.84. The summed E-state index contributed by atoms with van der Waals surface area (Å²) in [5.41, 5.74) is 0.788. The molecule has 20 heavy (non-hydrogen) atoms. The molecular formula is C15H20Cl2N2S. The zero-order chi connectivity index (χ0) is 14.5. The molecular weight excluding hydrogens is 311 g/mol. The van der Waals surface area contributed by atoms with Crippen molar-refractivity contribution in [3.63, 3.8) is 0 Å². The molecule has 5 heteroatoms. The molecule has 2 nitrogen and oxygen atoms in total. The van der Waals surface area contributed by atoms with Gasteiger partial charge in [0.05, 0.1) is 10.7 Å². The first-order chi connectivity index (χ1) is 9.58. The van der Waals surface area contributed by atoms with Crippen LogP contribution in [0.25, 0.3) is 0 Å². The Morgan fingerprint density at radius 1 is 1.25 bits per heavy atom. The fraction of sp³-hybridized carbons (Fsp3) is 0.533. The molecule has 0 amide bonds. The third-order valence-corrected chi connectivity index (χ3v) is 4.71. The maximum absolute atomic E-state index is 6.12. The summed E-state index contributed by atoms with van der Waals surface area (Å²) in [6.07, 6.45) is 6.25. The number of benzene rings is 1. The lowest BCUT2D eigenvalue weighted by atomic mass is 9.85. The number of halogens is 2. The summed E-state index contributed by atoms with van der Waals surface area (Å²) in [7, 11) is 0. The first-order valence-corrected chi connectivity index (χ1v) is 8.27. The van der Waals surface area contributed by atoms with Crippen molar-refractivity contribution in [2.24, 2.45) is 5.92 Å². The average molecular weight is 331 g/mol. The number of nitrogens with one attached hydrogen (secondary N) is 2. The Labute approximate surface area is 136 Å². The molecule has 1 aliphatic rings. The van der Waals surface area contributed by atoms with Crippen LogP contribution in [0, 0.1) is 5.92 Å². The zero-order valence-corrected chi connectivity index (χ0v) is 13.9. The van der Waals surface area contributed by atoms with Gasteiger partial charge in [0, 0.05) is 11.1 Å². The fourth-order valence-electron chi connectivity index (χ4n) is 2.65. The Kier molecular flexibility index (Phi) is 5.94. The highest BCUT2D eigenvalue weighted by Crippen LogP contribution is 2.27. The van der Waals surface area contributed by atoms with Crippen LogP contribution in [-0.4, -0.2) is 11.2 Å². The summed E-state index contributed by atoms with van der Waals surface area (Å²) in [5, 5.41) is 8.36. The molecule has 0 unspecified atom stereocenters. The minimum Gasteiger partial charge on any atom is -0.360 e. The maximum Gasteiger partial charge on any atom is 0.171 e. The molecule has 1 fully saturated rings. The molecule has 0 aromatic heterocycles. The summed E-state index contributed by atoms with van der Waals surface area (Å²) in [5.74, 6) is 0.889. The zero-order valence-electron chi connectivity index (χ0n) is 11.6. The van der Waals surface area contributed by atoms with E-state index in [0.29, 0.717) is 21.2 Å². The molecule has 110 valence electrons. The normalized spacial score (nSPS) is 22.4. The van der Waals surface area contributed by atoms with Gasteiger partial charge in [-0.2, -0.15) is 0 Å². The van der Waals surface area contributed by atoms with Crippen LogP contribution < -0.4 is 10.6 Å². The number of hydrogen-bond donors (Lipinski definition) is 2. The molecule has 1 aromatic carbocycles. The van der Waals surface area contributed by atoms with Gasteiger partial charge in [0.1, 0.15) is 0 Å². The van der Waals surface area contributed by atoms with E-state index < -0.39 is 0 Å². The van der Waals surface area contributed by atoms with Crippen molar-refractivity contribution in [1.82, 2.24) is 5.32 Å². The molecule has 1 saturated carbocycles. The van der Waals surface area contributed by atoms with E-state index in [2.05, 4.69) is 17.6 Å². The fourth-order valence-corrected chi connectivity index (χ4v) is 3.38. The highest BCUT2D eigenvalue weighted by molar-refractivity contribution is 7.80. The lowest BCUT2D eigenvalue weighted by molar-refractivity contribution is 0.306. The van der Waals surface area contributed by atoms with Crippen molar-refractivity contribution in [3.05, 3.63) is 28.2 Å². The molecule has 0 radical (unpaired) electrons. The lowest BCUT2D eigenvalue weighted by Gasteiger charge is -2.29. The standard InChI is InChI=1S/C15H20Cl2N2S/c1-2-10-3-6-12(7-4-10)18-15(20)19-14-8-5-11(16)9-13(14)17/h5,8-10,12H,2-4,6-7H2,1H3,(H2,18,19,20). The SMILES string of the molecule is CCC1CCC(NC(=S)Nc2ccc(Cl)cc2Cl)CC1. The van der Waals surface area contributed by atoms with Gasteiger partial charge in [0.25, 0.3) is 0 Å². The second kappa shape index (κ2) is 7.48. The third kappa shape index (κ3) is 4.51. The van der Waals surface area contributed by atoms with E-state index in [9.17, 15) is 0 Å². The molecule has 2 rings (SSSR count). The van der Waals surface area contributed by atoms with Gasteiger partial charge in [-0.15, -0.1) is 0 Å². The number of anilines is 1. The molecule has 2 N–H and O–H groups in total. The number of rotatable bonds is 3. The predicted octanol–water partition coefficient (Wildman–Crippen LogP) is 5.25. The maximum atomic E-state index is 6.12. The summed E-state index contributed by atoms with van der Waals surface area (Å²) in [6.45, 7) is 2.27. The Hall–Kier alpha value is -0.510. The molecule has 0 spiro atoms. The van der Waals surface area contributed by atoms with Gasteiger partial charge in [0.15, 0.2) is 5.11 Å². The summed E-state index contributed by atoms with van der Waals surface area (Å²) < 4.78 is 0. The molecule has 1 aliphatic carbocycles. The lowest BCUT2D eigenvalue weighted by Crippen LogP contribution is -2.40. The second-order valence-corrected chi connectivity index (χ2v) is 6.60. The number of thiocarbonyl (C=S) groups is 1. The van der Waals surface area contributed by atoms with Crippen LogP contribution in [0.4, 0.5) is 5.69 Å². The molecule has 0 atom stereocenters. The Morgan fingerprint density at radius 3 is 2.55 bits per heavy atom. The van der Waals surface area contributed by atoms with E-state index in [1.807, 2.05) is 6.07 Å². The summed E-state index contributed by atoms with van der Waals surface area (Å²) in [6, 6.07) is 5.82. The topological polar surface area (TPSA) is 24.1 Å². The van der Waals surface area contributed by atoms with Gasteiger partial charge in [-0.25, -0.2) is 0 Å². The molecule has 0 heterocycles. The van der Waals surface area contributed by atoms with Gasteiger partial charge in [-0.3, -0.25) is 0 Å². The molecule has 0 aliphatic heterocycles. The van der Waals surface area contributed by atoms with Crippen LogP contribution in [-0.2, 0) is 0 Å². The van der Waals surface area contributed by atoms with E-state index >= 15 is 0 Å². The minimum atomic E-state index is 0.476. The number of hydrogen-bond acceptors (Lipinski definition) is 1. The van der Waals surface area contributed by atoms with Gasteiger partial charge in [-0.05, 0) is 62.0 Å². The van der Waals surface area contributed by atoms with E-state index in [0.717, 1.165) is 11.6 Å². The van der Waals surface area contributed by atoms with Crippen molar-refractivity contribution in [2.75, 3.05) is 5.32 Å². The summed E-state index contributed by atoms with van der Waals surface area (Å²) in [4.78, 5) is 0. The third-order valence-electron chi connectivity index (χ3n) is 3.94. The van der Waals surface area contributed by atoms with Crippen LogP contribution >= 0.6 is 35.4 Å². The monoisotopic (exact) mass is 330 g/mol. The Morgan fingerprint density at radius 2 is 1.95 bits per heavy atom. The van der Waals surface area contributed by atoms with Gasteiger partial charge in [-0.1, -0.05) is 36.5 Å². The van der Waals surface area contributed by atoms with Crippen LogP contribution in [0.5, 0.6) is 0 Å². The van der Waals surface area contributed by atoms with Crippen molar-refractivity contribution >= 4 is 46.2 Å². The quantitative estimate of drug-likeness (QED) is 0.740. The van der Waals surface area contributed by atoms with Gasteiger partial charge in [0.2, 0.25) is 0 Å².